The molecule has 0 aliphatic carbocycles. The van der Waals surface area contributed by atoms with Crippen LogP contribution in [0.25, 0.3) is 0 Å². The molecule has 2 aliphatic rings. The summed E-state index contributed by atoms with van der Waals surface area (Å²) in [5.41, 5.74) is -1.89. The van der Waals surface area contributed by atoms with E-state index in [2.05, 4.69) is 0 Å². The zero-order valence-electron chi connectivity index (χ0n) is 7.13. The number of alkyl halides is 1. The van der Waals surface area contributed by atoms with Gasteiger partial charge >= 0.3 is 11.9 Å². The molecule has 2 atom stereocenters. The second kappa shape index (κ2) is 2.21. The first-order valence-electron chi connectivity index (χ1n) is 4.08. The second-order valence-electron chi connectivity index (χ2n) is 3.58. The molecule has 0 amide bonds. The quantitative estimate of drug-likeness (QED) is 0.525. The van der Waals surface area contributed by atoms with Crippen LogP contribution in [0, 0.1) is 0 Å². The molecule has 0 radical (unpaired) electrons. The molecule has 2 fully saturated rings. The first-order valence-corrected chi connectivity index (χ1v) is 4.08. The topological polar surface area (TPSA) is 52.6 Å². The van der Waals surface area contributed by atoms with Crippen LogP contribution in [0.4, 0.5) is 4.39 Å². The highest BCUT2D eigenvalue weighted by Gasteiger charge is 2.64. The smallest absolute Gasteiger partial charge is 0.312 e. The largest absolute Gasteiger partial charge is 0.419 e. The number of esters is 2. The van der Waals surface area contributed by atoms with Gasteiger partial charge in [-0.05, 0) is 6.92 Å². The lowest BCUT2D eigenvalue weighted by Gasteiger charge is -2.29. The van der Waals surface area contributed by atoms with E-state index in [0.717, 1.165) is 0 Å². The number of carbonyl (C=O) groups excluding carboxylic acids is 2. The van der Waals surface area contributed by atoms with Crippen molar-refractivity contribution in [3.63, 3.8) is 0 Å². The number of halogens is 1. The van der Waals surface area contributed by atoms with Gasteiger partial charge in [0.15, 0.2) is 5.67 Å². The molecule has 0 aromatic rings. The molecule has 13 heavy (non-hydrogen) atoms. The highest BCUT2D eigenvalue weighted by atomic mass is 19.1. The number of hydrogen-bond donors (Lipinski definition) is 0. The first-order chi connectivity index (χ1) is 5.95. The minimum absolute atomic E-state index is 0.104. The SMILES string of the molecule is CC1(F)CC(=O)OC12CCC(=O)O2. The molecule has 72 valence electrons. The van der Waals surface area contributed by atoms with Crippen molar-refractivity contribution in [2.24, 2.45) is 0 Å². The minimum Gasteiger partial charge on any atom is -0.419 e. The van der Waals surface area contributed by atoms with Gasteiger partial charge in [0.1, 0.15) is 0 Å². The van der Waals surface area contributed by atoms with Crippen LogP contribution in [0.1, 0.15) is 26.2 Å². The summed E-state index contributed by atoms with van der Waals surface area (Å²) in [6.07, 6.45) is -0.127. The number of ether oxygens (including phenoxy) is 2. The third-order valence-corrected chi connectivity index (χ3v) is 2.49. The zero-order chi connectivity index (χ0) is 9.69. The van der Waals surface area contributed by atoms with Crippen molar-refractivity contribution in [1.29, 1.82) is 0 Å². The molecular formula is C8H9FO4. The van der Waals surface area contributed by atoms with Gasteiger partial charge in [-0.2, -0.15) is 0 Å². The lowest BCUT2D eigenvalue weighted by Crippen LogP contribution is -2.45. The van der Waals surface area contributed by atoms with Crippen LogP contribution in [0.5, 0.6) is 0 Å². The van der Waals surface area contributed by atoms with Crippen molar-refractivity contribution >= 4 is 11.9 Å². The van der Waals surface area contributed by atoms with E-state index >= 15 is 0 Å². The molecule has 0 N–H and O–H groups in total. The van der Waals surface area contributed by atoms with Crippen LogP contribution >= 0.6 is 0 Å². The summed E-state index contributed by atoms with van der Waals surface area (Å²) in [6.45, 7) is 1.22. The molecule has 1 spiro atoms. The molecule has 0 saturated carbocycles. The molecule has 2 unspecified atom stereocenters. The third kappa shape index (κ3) is 1.03. The Hall–Kier alpha value is -1.13. The number of hydrogen-bond acceptors (Lipinski definition) is 4. The highest BCUT2D eigenvalue weighted by molar-refractivity contribution is 5.78. The van der Waals surface area contributed by atoms with Crippen molar-refractivity contribution < 1.29 is 23.5 Å². The van der Waals surface area contributed by atoms with Crippen LogP contribution in [0.3, 0.4) is 0 Å². The summed E-state index contributed by atoms with van der Waals surface area (Å²) in [7, 11) is 0. The van der Waals surface area contributed by atoms with Gasteiger partial charge in [0.2, 0.25) is 0 Å². The maximum atomic E-state index is 13.8. The van der Waals surface area contributed by atoms with E-state index in [1.54, 1.807) is 0 Å². The molecule has 2 heterocycles. The molecule has 2 rings (SSSR count). The summed E-state index contributed by atoms with van der Waals surface area (Å²) in [5, 5.41) is 0. The molecular weight excluding hydrogens is 179 g/mol. The predicted molar refractivity (Wildman–Crippen MR) is 38.3 cm³/mol. The van der Waals surface area contributed by atoms with E-state index in [1.165, 1.54) is 6.92 Å². The van der Waals surface area contributed by atoms with Gasteiger partial charge in [-0.1, -0.05) is 0 Å². The maximum Gasteiger partial charge on any atom is 0.312 e. The molecule has 0 bridgehead atoms. The molecule has 4 nitrogen and oxygen atoms in total. The monoisotopic (exact) mass is 188 g/mol. The summed E-state index contributed by atoms with van der Waals surface area (Å²) in [4.78, 5) is 21.7. The van der Waals surface area contributed by atoms with Crippen molar-refractivity contribution in [2.45, 2.75) is 37.6 Å². The molecule has 0 aromatic heterocycles. The summed E-state index contributed by atoms with van der Waals surface area (Å²) in [5.74, 6) is -2.81. The van der Waals surface area contributed by atoms with Crippen molar-refractivity contribution in [3.8, 4) is 0 Å². The Morgan fingerprint density at radius 1 is 1.31 bits per heavy atom. The molecule has 0 aromatic carbocycles. The van der Waals surface area contributed by atoms with E-state index in [-0.39, 0.29) is 19.3 Å². The predicted octanol–water partition coefficient (Wildman–Crippen LogP) is 0.695. The lowest BCUT2D eigenvalue weighted by atomic mass is 9.94. The number of carbonyl (C=O) groups is 2. The number of rotatable bonds is 0. The Morgan fingerprint density at radius 2 is 1.92 bits per heavy atom. The van der Waals surface area contributed by atoms with Gasteiger partial charge in [0.05, 0.1) is 12.8 Å². The third-order valence-electron chi connectivity index (χ3n) is 2.49. The van der Waals surface area contributed by atoms with Crippen LogP contribution in [0.2, 0.25) is 0 Å². The summed E-state index contributed by atoms with van der Waals surface area (Å²) in [6, 6.07) is 0. The van der Waals surface area contributed by atoms with Crippen molar-refractivity contribution in [1.82, 2.24) is 0 Å². The molecule has 2 saturated heterocycles. The van der Waals surface area contributed by atoms with Crippen molar-refractivity contribution in [3.05, 3.63) is 0 Å². The minimum atomic E-state index is -1.89. The Morgan fingerprint density at radius 3 is 2.31 bits per heavy atom. The maximum absolute atomic E-state index is 13.8. The Balaban J connectivity index is 2.32. The fourth-order valence-electron chi connectivity index (χ4n) is 1.72. The second-order valence-corrected chi connectivity index (χ2v) is 3.58. The Bertz CT molecular complexity index is 282. The van der Waals surface area contributed by atoms with Gasteiger partial charge in [0, 0.05) is 6.42 Å². The highest BCUT2D eigenvalue weighted by Crippen LogP contribution is 2.47. The Labute approximate surface area is 74.0 Å². The van der Waals surface area contributed by atoms with Crippen LogP contribution < -0.4 is 0 Å². The van der Waals surface area contributed by atoms with Gasteiger partial charge in [-0.3, -0.25) is 9.59 Å². The van der Waals surface area contributed by atoms with E-state index in [9.17, 15) is 14.0 Å². The van der Waals surface area contributed by atoms with Gasteiger partial charge in [0.25, 0.3) is 5.79 Å². The first kappa shape index (κ1) is 8.47. The zero-order valence-corrected chi connectivity index (χ0v) is 7.13. The van der Waals surface area contributed by atoms with Crippen LogP contribution in [-0.2, 0) is 19.1 Å². The van der Waals surface area contributed by atoms with E-state index in [1.807, 2.05) is 0 Å². The average Bonchev–Trinajstić information content (AvgIpc) is 2.39. The Kier molecular flexibility index (Phi) is 1.44. The fourth-order valence-corrected chi connectivity index (χ4v) is 1.72. The normalized spacial score (nSPS) is 43.8. The van der Waals surface area contributed by atoms with E-state index in [4.69, 9.17) is 9.47 Å². The summed E-state index contributed by atoms with van der Waals surface area (Å²) < 4.78 is 23.2. The average molecular weight is 188 g/mol. The van der Waals surface area contributed by atoms with Gasteiger partial charge in [-0.25, -0.2) is 4.39 Å². The molecule has 5 heteroatoms. The van der Waals surface area contributed by atoms with Crippen LogP contribution in [-0.4, -0.2) is 23.4 Å². The summed E-state index contributed by atoms with van der Waals surface area (Å²) >= 11 is 0. The standard InChI is InChI=1S/C8H9FO4/c1-7(9)4-6(11)13-8(7)3-2-5(10)12-8/h2-4H2,1H3. The van der Waals surface area contributed by atoms with Gasteiger partial charge in [-0.15, -0.1) is 0 Å². The van der Waals surface area contributed by atoms with Gasteiger partial charge < -0.3 is 9.47 Å². The van der Waals surface area contributed by atoms with E-state index in [0.29, 0.717) is 0 Å². The van der Waals surface area contributed by atoms with Crippen LogP contribution in [0.15, 0.2) is 0 Å². The fraction of sp³-hybridized carbons (Fsp3) is 0.750. The molecule has 2 aliphatic heterocycles. The van der Waals surface area contributed by atoms with Crippen molar-refractivity contribution in [2.75, 3.05) is 0 Å². The lowest BCUT2D eigenvalue weighted by molar-refractivity contribution is -0.228. The van der Waals surface area contributed by atoms with E-state index < -0.39 is 23.4 Å².